The van der Waals surface area contributed by atoms with E-state index in [0.717, 1.165) is 12.8 Å². The van der Waals surface area contributed by atoms with Crippen molar-refractivity contribution in [3.8, 4) is 0 Å². The summed E-state index contributed by atoms with van der Waals surface area (Å²) in [7, 11) is 0. The van der Waals surface area contributed by atoms with Crippen LogP contribution in [0.1, 0.15) is 84.5 Å². The van der Waals surface area contributed by atoms with Crippen molar-refractivity contribution < 1.29 is 0 Å². The molecule has 0 heterocycles. The molecule has 0 aromatic carbocycles. The van der Waals surface area contributed by atoms with Crippen molar-refractivity contribution in [2.24, 2.45) is 0 Å². The van der Waals surface area contributed by atoms with Gasteiger partial charge in [0.2, 0.25) is 0 Å². The van der Waals surface area contributed by atoms with Crippen molar-refractivity contribution in [1.82, 2.24) is 0 Å². The normalized spacial score (nSPS) is 12.2. The van der Waals surface area contributed by atoms with Gasteiger partial charge in [0.05, 0.1) is 0 Å². The van der Waals surface area contributed by atoms with E-state index < -0.39 is 0 Å². The van der Waals surface area contributed by atoms with Crippen molar-refractivity contribution in [2.75, 3.05) is 0 Å². The summed E-state index contributed by atoms with van der Waals surface area (Å²) in [5.41, 5.74) is 1.50. The van der Waals surface area contributed by atoms with Gasteiger partial charge in [0, 0.05) is 0 Å². The van der Waals surface area contributed by atoms with E-state index in [2.05, 4.69) is 38.7 Å². The highest BCUT2D eigenvalue weighted by Crippen LogP contribution is 2.09. The van der Waals surface area contributed by atoms with Gasteiger partial charge in [-0.3, -0.25) is 0 Å². The Morgan fingerprint density at radius 2 is 1.58 bits per heavy atom. The van der Waals surface area contributed by atoms with Crippen LogP contribution in [0, 0.1) is 0 Å². The average Bonchev–Trinajstić information content (AvgIpc) is 2.42. The standard InChI is InChI=1S/C19H34/c1-4-6-8-10-11-12-13-14-16-18-19(3)17-15-9-7-5-2/h5,14,16-17H,2,4,6-13,15,18H2,1,3H3. The lowest BCUT2D eigenvalue weighted by atomic mass is 10.1. The average molecular weight is 262 g/mol. The first-order valence-electron chi connectivity index (χ1n) is 8.22. The Bertz CT molecular complexity index is 245. The molecule has 0 nitrogen and oxygen atoms in total. The number of hydrogen-bond donors (Lipinski definition) is 0. The van der Waals surface area contributed by atoms with Crippen LogP contribution in [0.5, 0.6) is 0 Å². The fourth-order valence-electron chi connectivity index (χ4n) is 2.12. The first-order valence-corrected chi connectivity index (χ1v) is 8.22. The summed E-state index contributed by atoms with van der Waals surface area (Å²) in [6, 6.07) is 0. The Labute approximate surface area is 121 Å². The molecule has 110 valence electrons. The number of rotatable bonds is 13. The third kappa shape index (κ3) is 15.2. The highest BCUT2D eigenvalue weighted by Gasteiger charge is 1.89. The van der Waals surface area contributed by atoms with Gasteiger partial charge in [0.25, 0.3) is 0 Å². The van der Waals surface area contributed by atoms with E-state index in [1.54, 1.807) is 0 Å². The lowest BCUT2D eigenvalue weighted by Crippen LogP contribution is -1.78. The van der Waals surface area contributed by atoms with Gasteiger partial charge < -0.3 is 0 Å². The molecule has 0 saturated heterocycles. The zero-order chi connectivity index (χ0) is 14.2. The Kier molecular flexibility index (Phi) is 14.7. The van der Waals surface area contributed by atoms with E-state index in [-0.39, 0.29) is 0 Å². The lowest BCUT2D eigenvalue weighted by Gasteiger charge is -1.98. The van der Waals surface area contributed by atoms with Crippen molar-refractivity contribution in [3.63, 3.8) is 0 Å². The minimum atomic E-state index is 1.13. The molecule has 0 spiro atoms. The fraction of sp³-hybridized carbons (Fsp3) is 0.684. The minimum absolute atomic E-state index is 1.13. The van der Waals surface area contributed by atoms with Gasteiger partial charge in [-0.15, -0.1) is 6.58 Å². The van der Waals surface area contributed by atoms with E-state index in [4.69, 9.17) is 0 Å². The van der Waals surface area contributed by atoms with Crippen LogP contribution in [-0.2, 0) is 0 Å². The molecule has 0 rings (SSSR count). The number of unbranched alkanes of at least 4 members (excludes halogenated alkanes) is 8. The first-order chi connectivity index (χ1) is 9.31. The topological polar surface area (TPSA) is 0 Å². The van der Waals surface area contributed by atoms with Gasteiger partial charge >= 0.3 is 0 Å². The molecule has 0 aliphatic rings. The molecule has 0 aromatic rings. The quantitative estimate of drug-likeness (QED) is 0.248. The molecule has 0 heteroatoms. The van der Waals surface area contributed by atoms with Crippen LogP contribution < -0.4 is 0 Å². The van der Waals surface area contributed by atoms with Crippen LogP contribution in [0.3, 0.4) is 0 Å². The third-order valence-corrected chi connectivity index (χ3v) is 3.44. The summed E-state index contributed by atoms with van der Waals surface area (Å²) in [4.78, 5) is 0. The monoisotopic (exact) mass is 262 g/mol. The SMILES string of the molecule is C=CCCCC=C(C)CC=CCCCCCCCC. The summed E-state index contributed by atoms with van der Waals surface area (Å²) < 4.78 is 0. The zero-order valence-corrected chi connectivity index (χ0v) is 13.3. The molecule has 0 unspecified atom stereocenters. The van der Waals surface area contributed by atoms with Gasteiger partial charge in [-0.25, -0.2) is 0 Å². The summed E-state index contributed by atoms with van der Waals surface area (Å²) in [6.07, 6.45) is 23.4. The lowest BCUT2D eigenvalue weighted by molar-refractivity contribution is 0.611. The van der Waals surface area contributed by atoms with E-state index in [0.29, 0.717) is 0 Å². The molecule has 0 fully saturated rings. The number of allylic oxidation sites excluding steroid dienone is 5. The summed E-state index contributed by atoms with van der Waals surface area (Å²) in [5.74, 6) is 0. The molecule has 0 saturated carbocycles. The van der Waals surface area contributed by atoms with Crippen molar-refractivity contribution in [2.45, 2.75) is 84.5 Å². The molecule has 0 atom stereocenters. The predicted molar refractivity (Wildman–Crippen MR) is 89.6 cm³/mol. The molecular weight excluding hydrogens is 228 g/mol. The molecule has 0 aromatic heterocycles. The van der Waals surface area contributed by atoms with Crippen molar-refractivity contribution in [1.29, 1.82) is 0 Å². The highest BCUT2D eigenvalue weighted by molar-refractivity contribution is 5.04. The molecule has 0 N–H and O–H groups in total. The maximum atomic E-state index is 3.75. The maximum absolute atomic E-state index is 3.75. The fourth-order valence-corrected chi connectivity index (χ4v) is 2.12. The van der Waals surface area contributed by atoms with Crippen molar-refractivity contribution >= 4 is 0 Å². The zero-order valence-electron chi connectivity index (χ0n) is 13.3. The summed E-state index contributed by atoms with van der Waals surface area (Å²) >= 11 is 0. The Morgan fingerprint density at radius 3 is 2.32 bits per heavy atom. The second-order valence-corrected chi connectivity index (χ2v) is 5.50. The van der Waals surface area contributed by atoms with Gasteiger partial charge in [0.15, 0.2) is 0 Å². The van der Waals surface area contributed by atoms with Crippen molar-refractivity contribution in [3.05, 3.63) is 36.5 Å². The van der Waals surface area contributed by atoms with Gasteiger partial charge in [-0.2, -0.15) is 0 Å². The Morgan fingerprint density at radius 1 is 0.842 bits per heavy atom. The van der Waals surface area contributed by atoms with E-state index in [1.165, 1.54) is 63.4 Å². The van der Waals surface area contributed by atoms with Crippen LogP contribution in [0.25, 0.3) is 0 Å². The van der Waals surface area contributed by atoms with Gasteiger partial charge in [0.1, 0.15) is 0 Å². The predicted octanol–water partition coefficient (Wildman–Crippen LogP) is 6.99. The molecule has 0 bridgehead atoms. The minimum Gasteiger partial charge on any atom is -0.103 e. The van der Waals surface area contributed by atoms with Crippen LogP contribution in [0.2, 0.25) is 0 Å². The second-order valence-electron chi connectivity index (χ2n) is 5.50. The third-order valence-electron chi connectivity index (χ3n) is 3.44. The van der Waals surface area contributed by atoms with E-state index >= 15 is 0 Å². The maximum Gasteiger partial charge on any atom is -0.0142 e. The van der Waals surface area contributed by atoms with Gasteiger partial charge in [-0.05, 0) is 45.4 Å². The Hall–Kier alpha value is -0.780. The highest BCUT2D eigenvalue weighted by atomic mass is 14.0. The molecule has 0 amide bonds. The summed E-state index contributed by atoms with van der Waals surface area (Å²) in [5, 5.41) is 0. The molecule has 0 aliphatic carbocycles. The largest absolute Gasteiger partial charge is 0.103 e. The summed E-state index contributed by atoms with van der Waals surface area (Å²) in [6.45, 7) is 8.26. The molecule has 19 heavy (non-hydrogen) atoms. The Balaban J connectivity index is 3.38. The van der Waals surface area contributed by atoms with Crippen LogP contribution in [-0.4, -0.2) is 0 Å². The van der Waals surface area contributed by atoms with Gasteiger partial charge in [-0.1, -0.05) is 68.9 Å². The molecule has 0 radical (unpaired) electrons. The van der Waals surface area contributed by atoms with E-state index in [9.17, 15) is 0 Å². The second kappa shape index (κ2) is 15.3. The number of hydrogen-bond acceptors (Lipinski definition) is 0. The van der Waals surface area contributed by atoms with Crippen LogP contribution in [0.15, 0.2) is 36.5 Å². The molecule has 0 aliphatic heterocycles. The molecular formula is C19H34. The van der Waals surface area contributed by atoms with E-state index in [1.807, 2.05) is 6.08 Å². The van der Waals surface area contributed by atoms with Crippen LogP contribution in [0.4, 0.5) is 0 Å². The first kappa shape index (κ1) is 18.2. The van der Waals surface area contributed by atoms with Crippen LogP contribution >= 0.6 is 0 Å². The smallest absolute Gasteiger partial charge is 0.0142 e.